The average Bonchev–Trinajstić information content (AvgIpc) is 1.93. The molecule has 0 unspecified atom stereocenters. The van der Waals surface area contributed by atoms with Gasteiger partial charge in [0, 0.05) is 5.33 Å². The summed E-state index contributed by atoms with van der Waals surface area (Å²) in [4.78, 5) is 0. The summed E-state index contributed by atoms with van der Waals surface area (Å²) in [6.07, 6.45) is 0. The van der Waals surface area contributed by atoms with Crippen LogP contribution in [0.3, 0.4) is 0 Å². The highest BCUT2D eigenvalue weighted by Gasteiger charge is 1.94. The molecule has 0 aromatic rings. The Labute approximate surface area is 64.7 Å². The van der Waals surface area contributed by atoms with Crippen LogP contribution in [0.2, 0.25) is 0 Å². The third-order valence-electron chi connectivity index (χ3n) is 0.744. The van der Waals surface area contributed by atoms with Crippen LogP contribution in [0.5, 0.6) is 0 Å². The minimum Gasteiger partial charge on any atom is -0.377 e. The summed E-state index contributed by atoms with van der Waals surface area (Å²) in [6.45, 7) is 5.15. The van der Waals surface area contributed by atoms with Crippen molar-refractivity contribution in [2.24, 2.45) is 0 Å². The molecule has 0 spiro atoms. The van der Waals surface area contributed by atoms with E-state index in [1.165, 1.54) is 0 Å². The highest BCUT2D eigenvalue weighted by molar-refractivity contribution is 9.09. The van der Waals surface area contributed by atoms with Crippen LogP contribution >= 0.6 is 15.9 Å². The third-order valence-corrected chi connectivity index (χ3v) is 0.744. The van der Waals surface area contributed by atoms with Gasteiger partial charge in [0.05, 0.1) is 26.4 Å². The molecule has 1 aliphatic heterocycles. The van der Waals surface area contributed by atoms with Crippen molar-refractivity contribution in [3.63, 3.8) is 0 Å². The largest absolute Gasteiger partial charge is 0.377 e. The van der Waals surface area contributed by atoms with Gasteiger partial charge in [-0.05, 0) is 0 Å². The predicted octanol–water partition coefficient (Wildman–Crippen LogP) is 1.43. The van der Waals surface area contributed by atoms with Crippen LogP contribution in [0.25, 0.3) is 0 Å². The number of halogens is 1. The average molecular weight is 197 g/mol. The summed E-state index contributed by atoms with van der Waals surface area (Å²) in [5.74, 6) is 0. The molecule has 1 fully saturated rings. The number of hydrogen-bond donors (Lipinski definition) is 0. The van der Waals surface area contributed by atoms with Gasteiger partial charge in [0.1, 0.15) is 0 Å². The van der Waals surface area contributed by atoms with E-state index in [-0.39, 0.29) is 0 Å². The zero-order valence-corrected chi connectivity index (χ0v) is 7.32. The highest BCUT2D eigenvalue weighted by atomic mass is 79.9. The second-order valence-corrected chi connectivity index (χ2v) is 2.61. The summed E-state index contributed by atoms with van der Waals surface area (Å²) >= 11 is 3.15. The van der Waals surface area contributed by atoms with E-state index in [0.717, 1.165) is 31.8 Å². The minimum atomic E-state index is 0.778. The normalized spacial score (nSPS) is 18.0. The zero-order valence-electron chi connectivity index (χ0n) is 5.73. The summed E-state index contributed by atoms with van der Waals surface area (Å²) < 4.78 is 9.89. The Bertz CT molecular complexity index is 34.8. The quantitative estimate of drug-likeness (QED) is 0.547. The van der Waals surface area contributed by atoms with Gasteiger partial charge in [0.15, 0.2) is 0 Å². The van der Waals surface area contributed by atoms with Crippen LogP contribution in [0, 0.1) is 0 Å². The molecule has 9 heavy (non-hydrogen) atoms. The number of hydrogen-bond acceptors (Lipinski definition) is 2. The Morgan fingerprint density at radius 2 is 1.33 bits per heavy atom. The molecule has 0 aromatic carbocycles. The lowest BCUT2D eigenvalue weighted by Gasteiger charge is -2.09. The Morgan fingerprint density at radius 1 is 1.11 bits per heavy atom. The van der Waals surface area contributed by atoms with Crippen molar-refractivity contribution < 1.29 is 9.47 Å². The van der Waals surface area contributed by atoms with Gasteiger partial charge in [-0.15, -0.1) is 0 Å². The molecule has 0 amide bonds. The first kappa shape index (κ1) is 9.40. The molecule has 2 nitrogen and oxygen atoms in total. The summed E-state index contributed by atoms with van der Waals surface area (Å²) in [5, 5.41) is 1.06. The predicted molar refractivity (Wildman–Crippen MR) is 41.1 cm³/mol. The van der Waals surface area contributed by atoms with Gasteiger partial charge in [0.2, 0.25) is 0 Å². The van der Waals surface area contributed by atoms with Gasteiger partial charge in [-0.3, -0.25) is 0 Å². The molecule has 1 heterocycles. The summed E-state index contributed by atoms with van der Waals surface area (Å²) in [5.41, 5.74) is 0. The zero-order chi connectivity index (χ0) is 6.95. The maximum Gasteiger partial charge on any atom is 0.0701 e. The summed E-state index contributed by atoms with van der Waals surface area (Å²) in [6, 6.07) is 0. The van der Waals surface area contributed by atoms with Gasteiger partial charge in [-0.1, -0.05) is 22.9 Å². The second-order valence-electron chi connectivity index (χ2n) is 1.49. The van der Waals surface area contributed by atoms with Crippen LogP contribution in [0.1, 0.15) is 6.92 Å². The van der Waals surface area contributed by atoms with Crippen molar-refractivity contribution in [1.29, 1.82) is 0 Å². The third kappa shape index (κ3) is 8.40. The SMILES string of the molecule is C1COCCO1.CCBr. The van der Waals surface area contributed by atoms with Crippen molar-refractivity contribution in [1.82, 2.24) is 0 Å². The first-order valence-corrected chi connectivity index (χ1v) is 4.25. The molecule has 0 aliphatic carbocycles. The van der Waals surface area contributed by atoms with Crippen molar-refractivity contribution in [2.45, 2.75) is 6.92 Å². The maximum absolute atomic E-state index is 4.94. The van der Waals surface area contributed by atoms with Gasteiger partial charge < -0.3 is 9.47 Å². The van der Waals surface area contributed by atoms with E-state index < -0.39 is 0 Å². The van der Waals surface area contributed by atoms with Crippen molar-refractivity contribution >= 4 is 15.9 Å². The first-order valence-electron chi connectivity index (χ1n) is 3.13. The molecule has 0 N–H and O–H groups in total. The van der Waals surface area contributed by atoms with Gasteiger partial charge >= 0.3 is 0 Å². The monoisotopic (exact) mass is 196 g/mol. The lowest BCUT2D eigenvalue weighted by Crippen LogP contribution is -2.16. The fourth-order valence-corrected chi connectivity index (χ4v) is 0.440. The van der Waals surface area contributed by atoms with Crippen LogP contribution in [0.15, 0.2) is 0 Å². The Morgan fingerprint density at radius 3 is 1.44 bits per heavy atom. The Balaban J connectivity index is 0.000000187. The molecule has 56 valence electrons. The maximum atomic E-state index is 4.94. The van der Waals surface area contributed by atoms with E-state index in [9.17, 15) is 0 Å². The standard InChI is InChI=1S/C4H8O2.C2H5Br/c1-2-6-4-3-5-1;1-2-3/h1-4H2;2H2,1H3. The van der Waals surface area contributed by atoms with Crippen LogP contribution < -0.4 is 0 Å². The van der Waals surface area contributed by atoms with Crippen molar-refractivity contribution in [3.05, 3.63) is 0 Å². The number of ether oxygens (including phenoxy) is 2. The molecule has 0 bridgehead atoms. The lowest BCUT2D eigenvalue weighted by atomic mass is 10.6. The molecule has 1 rings (SSSR count). The fourth-order valence-electron chi connectivity index (χ4n) is 0.440. The van der Waals surface area contributed by atoms with E-state index in [4.69, 9.17) is 9.47 Å². The Hall–Kier alpha value is 0.400. The topological polar surface area (TPSA) is 18.5 Å². The molecule has 1 aliphatic rings. The lowest BCUT2D eigenvalue weighted by molar-refractivity contribution is -0.0334. The van der Waals surface area contributed by atoms with E-state index in [0.29, 0.717) is 0 Å². The second kappa shape index (κ2) is 8.40. The molecule has 3 heteroatoms. The van der Waals surface area contributed by atoms with Gasteiger partial charge in [-0.2, -0.15) is 0 Å². The van der Waals surface area contributed by atoms with E-state index in [1.807, 2.05) is 6.92 Å². The molecular formula is C6H13BrO2. The van der Waals surface area contributed by atoms with Gasteiger partial charge in [0.25, 0.3) is 0 Å². The van der Waals surface area contributed by atoms with Gasteiger partial charge in [-0.25, -0.2) is 0 Å². The van der Waals surface area contributed by atoms with E-state index in [2.05, 4.69) is 15.9 Å². The number of rotatable bonds is 0. The molecular weight excluding hydrogens is 184 g/mol. The first-order chi connectivity index (χ1) is 4.41. The smallest absolute Gasteiger partial charge is 0.0701 e. The van der Waals surface area contributed by atoms with Crippen LogP contribution in [-0.2, 0) is 9.47 Å². The fraction of sp³-hybridized carbons (Fsp3) is 1.00. The molecule has 1 saturated heterocycles. The Kier molecular flexibility index (Phi) is 8.77. The molecule has 0 radical (unpaired) electrons. The van der Waals surface area contributed by atoms with Crippen molar-refractivity contribution in [2.75, 3.05) is 31.8 Å². The number of alkyl halides is 1. The van der Waals surface area contributed by atoms with E-state index >= 15 is 0 Å². The molecule has 0 aromatic heterocycles. The highest BCUT2D eigenvalue weighted by Crippen LogP contribution is 1.85. The van der Waals surface area contributed by atoms with Crippen molar-refractivity contribution in [3.8, 4) is 0 Å². The molecule has 0 saturated carbocycles. The minimum absolute atomic E-state index is 0.778. The molecule has 0 atom stereocenters. The van der Waals surface area contributed by atoms with Crippen LogP contribution in [0.4, 0.5) is 0 Å². The van der Waals surface area contributed by atoms with E-state index in [1.54, 1.807) is 0 Å². The van der Waals surface area contributed by atoms with Crippen LogP contribution in [-0.4, -0.2) is 31.8 Å². The summed E-state index contributed by atoms with van der Waals surface area (Å²) in [7, 11) is 0.